The molecule has 0 spiro atoms. The minimum Gasteiger partial charge on any atom is -0.460 e. The second kappa shape index (κ2) is 6.77. The predicted octanol–water partition coefficient (Wildman–Crippen LogP) is 2.01. The molecule has 0 unspecified atom stereocenters. The molecule has 1 aliphatic carbocycles. The van der Waals surface area contributed by atoms with E-state index in [0.29, 0.717) is 25.7 Å². The van der Waals surface area contributed by atoms with Gasteiger partial charge in [-0.25, -0.2) is 0 Å². The van der Waals surface area contributed by atoms with Crippen molar-refractivity contribution < 1.29 is 19.1 Å². The summed E-state index contributed by atoms with van der Waals surface area (Å²) in [5, 5.41) is 0. The van der Waals surface area contributed by atoms with Crippen LogP contribution in [0.2, 0.25) is 0 Å². The van der Waals surface area contributed by atoms with E-state index in [2.05, 4.69) is 0 Å². The fraction of sp³-hybridized carbons (Fsp3) is 0.389. The van der Waals surface area contributed by atoms with Crippen molar-refractivity contribution >= 4 is 17.8 Å². The fourth-order valence-corrected chi connectivity index (χ4v) is 3.20. The Kier molecular flexibility index (Phi) is 4.55. The van der Waals surface area contributed by atoms with Crippen LogP contribution < -0.4 is 0 Å². The number of benzene rings is 1. The summed E-state index contributed by atoms with van der Waals surface area (Å²) in [5.41, 5.74) is 1.08. The Morgan fingerprint density at radius 1 is 1.09 bits per heavy atom. The standard InChI is InChI=1S/C18H19NO4/c20-16-10-11-17(21)19(16)14-7-4-8-15(14)23-18(22)12-9-13-5-2-1-3-6-13/h1-3,5-6,10-11,14-15H,4,7-9,12H2/t14-,15-/m0/s1. The Morgan fingerprint density at radius 3 is 2.48 bits per heavy atom. The van der Waals surface area contributed by atoms with Gasteiger partial charge < -0.3 is 4.74 Å². The van der Waals surface area contributed by atoms with E-state index in [1.165, 1.54) is 17.1 Å². The Labute approximate surface area is 134 Å². The van der Waals surface area contributed by atoms with Gasteiger partial charge in [-0.1, -0.05) is 30.3 Å². The molecule has 2 amide bonds. The highest BCUT2D eigenvalue weighted by Crippen LogP contribution is 2.29. The van der Waals surface area contributed by atoms with Gasteiger partial charge in [0.25, 0.3) is 11.8 Å². The molecule has 1 aromatic carbocycles. The lowest BCUT2D eigenvalue weighted by atomic mass is 10.1. The van der Waals surface area contributed by atoms with Crippen LogP contribution in [0.25, 0.3) is 0 Å². The summed E-state index contributed by atoms with van der Waals surface area (Å²) in [7, 11) is 0. The molecule has 0 N–H and O–H groups in total. The Morgan fingerprint density at radius 2 is 1.78 bits per heavy atom. The lowest BCUT2D eigenvalue weighted by Crippen LogP contribution is -2.45. The Hall–Kier alpha value is -2.43. The van der Waals surface area contributed by atoms with Gasteiger partial charge in [0.15, 0.2) is 0 Å². The van der Waals surface area contributed by atoms with E-state index in [9.17, 15) is 14.4 Å². The smallest absolute Gasteiger partial charge is 0.306 e. The SMILES string of the molecule is O=C(CCc1ccccc1)O[C@H]1CCC[C@@H]1N1C(=O)C=CC1=O. The summed E-state index contributed by atoms with van der Waals surface area (Å²) < 4.78 is 5.54. The molecule has 1 aliphatic heterocycles. The van der Waals surface area contributed by atoms with Crippen molar-refractivity contribution in [2.75, 3.05) is 0 Å². The maximum absolute atomic E-state index is 12.1. The van der Waals surface area contributed by atoms with Crippen molar-refractivity contribution in [3.8, 4) is 0 Å². The summed E-state index contributed by atoms with van der Waals surface area (Å²) in [6, 6.07) is 9.42. The maximum atomic E-state index is 12.1. The van der Waals surface area contributed by atoms with Crippen LogP contribution in [0.5, 0.6) is 0 Å². The molecule has 3 rings (SSSR count). The Bertz CT molecular complexity index is 620. The summed E-state index contributed by atoms with van der Waals surface area (Å²) in [6.45, 7) is 0. The van der Waals surface area contributed by atoms with E-state index in [0.717, 1.165) is 12.0 Å². The largest absolute Gasteiger partial charge is 0.460 e. The molecule has 0 saturated heterocycles. The van der Waals surface area contributed by atoms with Crippen molar-refractivity contribution in [1.29, 1.82) is 0 Å². The summed E-state index contributed by atoms with van der Waals surface area (Å²) in [6.07, 6.45) is 5.32. The number of imide groups is 1. The van der Waals surface area contributed by atoms with Crippen LogP contribution in [-0.2, 0) is 25.5 Å². The number of esters is 1. The first-order valence-electron chi connectivity index (χ1n) is 7.94. The number of rotatable bonds is 5. The van der Waals surface area contributed by atoms with Gasteiger partial charge in [-0.15, -0.1) is 0 Å². The molecule has 2 aliphatic rings. The summed E-state index contributed by atoms with van der Waals surface area (Å²) >= 11 is 0. The number of ether oxygens (including phenoxy) is 1. The summed E-state index contributed by atoms with van der Waals surface area (Å²) in [5.74, 6) is -0.905. The summed E-state index contributed by atoms with van der Waals surface area (Å²) in [4.78, 5) is 36.9. The van der Waals surface area contributed by atoms with Crippen LogP contribution in [0.15, 0.2) is 42.5 Å². The third kappa shape index (κ3) is 3.50. The lowest BCUT2D eigenvalue weighted by molar-refractivity contribution is -0.156. The zero-order chi connectivity index (χ0) is 16.2. The normalized spacial score (nSPS) is 23.6. The number of aryl methyl sites for hydroxylation is 1. The third-order valence-corrected chi connectivity index (χ3v) is 4.34. The van der Waals surface area contributed by atoms with Crippen LogP contribution in [0, 0.1) is 0 Å². The molecular formula is C18H19NO4. The number of carbonyl (C=O) groups excluding carboxylic acids is 3. The first-order valence-corrected chi connectivity index (χ1v) is 7.94. The molecule has 1 saturated carbocycles. The molecule has 5 nitrogen and oxygen atoms in total. The molecular weight excluding hydrogens is 294 g/mol. The molecule has 23 heavy (non-hydrogen) atoms. The quantitative estimate of drug-likeness (QED) is 0.616. The number of carbonyl (C=O) groups is 3. The minimum absolute atomic E-state index is 0.280. The van der Waals surface area contributed by atoms with Gasteiger partial charge in [0.1, 0.15) is 6.10 Å². The van der Waals surface area contributed by atoms with Crippen LogP contribution in [0.3, 0.4) is 0 Å². The van der Waals surface area contributed by atoms with Crippen molar-refractivity contribution in [2.24, 2.45) is 0 Å². The predicted molar refractivity (Wildman–Crippen MR) is 83.3 cm³/mol. The van der Waals surface area contributed by atoms with Crippen LogP contribution in [-0.4, -0.2) is 34.8 Å². The zero-order valence-corrected chi connectivity index (χ0v) is 12.8. The van der Waals surface area contributed by atoms with Gasteiger partial charge in [-0.05, 0) is 31.2 Å². The van der Waals surface area contributed by atoms with Crippen LogP contribution in [0.1, 0.15) is 31.2 Å². The van der Waals surface area contributed by atoms with Gasteiger partial charge in [0.05, 0.1) is 6.04 Å². The van der Waals surface area contributed by atoms with E-state index in [1.807, 2.05) is 30.3 Å². The van der Waals surface area contributed by atoms with Gasteiger partial charge in [0.2, 0.25) is 0 Å². The number of hydrogen-bond donors (Lipinski definition) is 0. The van der Waals surface area contributed by atoms with Gasteiger partial charge in [0, 0.05) is 18.6 Å². The molecule has 120 valence electrons. The molecule has 1 fully saturated rings. The van der Waals surface area contributed by atoms with E-state index in [1.54, 1.807) is 0 Å². The molecule has 5 heteroatoms. The van der Waals surface area contributed by atoms with Crippen LogP contribution in [0.4, 0.5) is 0 Å². The minimum atomic E-state index is -0.383. The molecule has 0 radical (unpaired) electrons. The number of hydrogen-bond acceptors (Lipinski definition) is 4. The average Bonchev–Trinajstić information content (AvgIpc) is 3.12. The highest BCUT2D eigenvalue weighted by atomic mass is 16.5. The maximum Gasteiger partial charge on any atom is 0.306 e. The molecule has 0 bridgehead atoms. The van der Waals surface area contributed by atoms with Gasteiger partial charge in [-0.3, -0.25) is 19.3 Å². The molecule has 1 aromatic rings. The first kappa shape index (κ1) is 15.5. The average molecular weight is 313 g/mol. The van der Waals surface area contributed by atoms with Crippen LogP contribution >= 0.6 is 0 Å². The number of nitrogens with zero attached hydrogens (tertiary/aromatic N) is 1. The van der Waals surface area contributed by atoms with E-state index in [4.69, 9.17) is 4.74 Å². The monoisotopic (exact) mass is 313 g/mol. The third-order valence-electron chi connectivity index (χ3n) is 4.34. The van der Waals surface area contributed by atoms with E-state index >= 15 is 0 Å². The van der Waals surface area contributed by atoms with Crippen molar-refractivity contribution in [1.82, 2.24) is 4.90 Å². The highest BCUT2D eigenvalue weighted by molar-refractivity contribution is 6.13. The van der Waals surface area contributed by atoms with Crippen molar-refractivity contribution in [3.05, 3.63) is 48.0 Å². The first-order chi connectivity index (χ1) is 11.1. The highest BCUT2D eigenvalue weighted by Gasteiger charge is 2.40. The van der Waals surface area contributed by atoms with Crippen molar-refractivity contribution in [3.63, 3.8) is 0 Å². The lowest BCUT2D eigenvalue weighted by Gasteiger charge is -2.27. The second-order valence-electron chi connectivity index (χ2n) is 5.89. The molecule has 2 atom stereocenters. The number of amides is 2. The second-order valence-corrected chi connectivity index (χ2v) is 5.89. The molecule has 1 heterocycles. The van der Waals surface area contributed by atoms with Crippen molar-refractivity contribution in [2.45, 2.75) is 44.2 Å². The van der Waals surface area contributed by atoms with E-state index < -0.39 is 0 Å². The van der Waals surface area contributed by atoms with Gasteiger partial charge >= 0.3 is 5.97 Å². The van der Waals surface area contributed by atoms with Gasteiger partial charge in [-0.2, -0.15) is 0 Å². The Balaban J connectivity index is 1.55. The molecule has 0 aromatic heterocycles. The topological polar surface area (TPSA) is 63.7 Å². The van der Waals surface area contributed by atoms with E-state index in [-0.39, 0.29) is 29.9 Å². The fourth-order valence-electron chi connectivity index (χ4n) is 3.20. The zero-order valence-electron chi connectivity index (χ0n) is 12.8.